The lowest BCUT2D eigenvalue weighted by Gasteiger charge is -2.60. The maximum absolute atomic E-state index is 13.9. The molecule has 5 aliphatic rings. The summed E-state index contributed by atoms with van der Waals surface area (Å²) in [5, 5.41) is 0. The molecule has 168 valence electrons. The number of ether oxygens (including phenoxy) is 1. The third-order valence-electron chi connectivity index (χ3n) is 10.1. The number of ketones is 1. The Morgan fingerprint density at radius 1 is 1.00 bits per heavy atom. The van der Waals surface area contributed by atoms with E-state index in [9.17, 15) is 9.59 Å². The van der Waals surface area contributed by atoms with Crippen LogP contribution in [0, 0.1) is 40.4 Å². The van der Waals surface area contributed by atoms with Crippen molar-refractivity contribution in [3.05, 3.63) is 0 Å². The summed E-state index contributed by atoms with van der Waals surface area (Å²) in [6.07, 6.45) is 8.84. The first-order chi connectivity index (χ1) is 14.2. The average Bonchev–Trinajstić information content (AvgIpc) is 3.25. The fourth-order valence-electron chi connectivity index (χ4n) is 8.97. The van der Waals surface area contributed by atoms with Crippen LogP contribution in [0.15, 0.2) is 0 Å². The molecule has 1 heterocycles. The van der Waals surface area contributed by atoms with Gasteiger partial charge >= 0.3 is 5.97 Å². The maximum Gasteiger partial charge on any atom is 0.302 e. The Hall–Kier alpha value is -0.160. The molecule has 0 spiro atoms. The number of thioether (sulfide) groups is 2. The zero-order valence-corrected chi connectivity index (χ0v) is 20.7. The van der Waals surface area contributed by atoms with Gasteiger partial charge in [-0.15, -0.1) is 23.5 Å². The molecular formula is C25H38O3S2. The number of carbonyl (C=O) groups excluding carboxylic acids is 2. The van der Waals surface area contributed by atoms with Crippen LogP contribution in [0.5, 0.6) is 0 Å². The maximum atomic E-state index is 13.9. The minimum absolute atomic E-state index is 0.0633. The highest BCUT2D eigenvalue weighted by atomic mass is 32.2. The third-order valence-corrected chi connectivity index (χ3v) is 13.6. The van der Waals surface area contributed by atoms with Crippen molar-refractivity contribution >= 4 is 35.3 Å². The lowest BCUT2D eigenvalue weighted by Crippen LogP contribution is -2.58. The summed E-state index contributed by atoms with van der Waals surface area (Å²) in [4.78, 5) is 25.3. The lowest BCUT2D eigenvalue weighted by atomic mass is 9.44. The van der Waals surface area contributed by atoms with Crippen LogP contribution in [0.2, 0.25) is 0 Å². The van der Waals surface area contributed by atoms with Gasteiger partial charge in [-0.2, -0.15) is 0 Å². The SMILES string of the molecule is CC(=O)O[C@@H]1CC[C@]2(C)[C@H](CC[C@H]3[C@H]2C(=O)C[C@@]2(C)[C@@H](C4(C)SCCS4)CC[C@@H]32)C1. The van der Waals surface area contributed by atoms with Gasteiger partial charge < -0.3 is 4.74 Å². The van der Waals surface area contributed by atoms with Gasteiger partial charge in [0.1, 0.15) is 11.9 Å². The molecule has 1 saturated heterocycles. The highest BCUT2D eigenvalue weighted by Gasteiger charge is 2.65. The van der Waals surface area contributed by atoms with Gasteiger partial charge in [0.2, 0.25) is 0 Å². The molecule has 30 heavy (non-hydrogen) atoms. The van der Waals surface area contributed by atoms with Crippen LogP contribution in [0.1, 0.15) is 79.1 Å². The molecule has 0 aromatic carbocycles. The van der Waals surface area contributed by atoms with E-state index in [2.05, 4.69) is 44.3 Å². The third kappa shape index (κ3) is 3.15. The monoisotopic (exact) mass is 450 g/mol. The average molecular weight is 451 g/mol. The molecule has 4 aliphatic carbocycles. The summed E-state index contributed by atoms with van der Waals surface area (Å²) in [5.74, 6) is 5.67. The Labute approximate surface area is 190 Å². The van der Waals surface area contributed by atoms with Crippen molar-refractivity contribution in [1.82, 2.24) is 0 Å². The summed E-state index contributed by atoms with van der Waals surface area (Å²) in [5.41, 5.74) is 0.298. The lowest BCUT2D eigenvalue weighted by molar-refractivity contribution is -0.169. The van der Waals surface area contributed by atoms with Crippen molar-refractivity contribution in [3.8, 4) is 0 Å². The van der Waals surface area contributed by atoms with E-state index < -0.39 is 0 Å². The molecule has 5 heteroatoms. The van der Waals surface area contributed by atoms with Gasteiger partial charge in [-0.3, -0.25) is 9.59 Å². The van der Waals surface area contributed by atoms with Crippen molar-refractivity contribution in [1.29, 1.82) is 0 Å². The first-order valence-corrected chi connectivity index (χ1v) is 14.1. The Bertz CT molecular complexity index is 732. The smallest absolute Gasteiger partial charge is 0.302 e. The van der Waals surface area contributed by atoms with Crippen LogP contribution in [-0.2, 0) is 14.3 Å². The first kappa shape index (κ1) is 21.7. The molecule has 0 radical (unpaired) electrons. The van der Waals surface area contributed by atoms with E-state index in [1.165, 1.54) is 44.1 Å². The van der Waals surface area contributed by atoms with E-state index in [0.717, 1.165) is 25.7 Å². The van der Waals surface area contributed by atoms with Crippen LogP contribution in [0.4, 0.5) is 0 Å². The number of hydrogen-bond acceptors (Lipinski definition) is 5. The van der Waals surface area contributed by atoms with Crippen molar-refractivity contribution < 1.29 is 14.3 Å². The number of rotatable bonds is 2. The van der Waals surface area contributed by atoms with Crippen LogP contribution >= 0.6 is 23.5 Å². The molecule has 3 nitrogen and oxygen atoms in total. The second-order valence-electron chi connectivity index (χ2n) is 11.5. The predicted molar refractivity (Wildman–Crippen MR) is 124 cm³/mol. The molecule has 0 aromatic heterocycles. The van der Waals surface area contributed by atoms with E-state index in [4.69, 9.17) is 4.74 Å². The van der Waals surface area contributed by atoms with Crippen LogP contribution in [0.25, 0.3) is 0 Å². The fraction of sp³-hybridized carbons (Fsp3) is 0.920. The second-order valence-corrected chi connectivity index (χ2v) is 14.9. The minimum atomic E-state index is -0.157. The van der Waals surface area contributed by atoms with Crippen molar-refractivity contribution in [2.45, 2.75) is 89.2 Å². The molecule has 0 bridgehead atoms. The number of carbonyl (C=O) groups is 2. The van der Waals surface area contributed by atoms with Crippen molar-refractivity contribution in [2.75, 3.05) is 11.5 Å². The van der Waals surface area contributed by atoms with Gasteiger partial charge in [-0.05, 0) is 86.4 Å². The molecule has 4 saturated carbocycles. The van der Waals surface area contributed by atoms with Crippen molar-refractivity contribution in [3.63, 3.8) is 0 Å². The van der Waals surface area contributed by atoms with E-state index in [1.807, 2.05) is 0 Å². The van der Waals surface area contributed by atoms with Gasteiger partial charge in [-0.1, -0.05) is 13.8 Å². The van der Waals surface area contributed by atoms with Gasteiger partial charge in [0.25, 0.3) is 0 Å². The number of Topliss-reactive ketones (excluding diaryl/α,β-unsaturated/α-hetero) is 1. The summed E-state index contributed by atoms with van der Waals surface area (Å²) >= 11 is 4.32. The van der Waals surface area contributed by atoms with E-state index in [-0.39, 0.29) is 28.8 Å². The Balaban J connectivity index is 1.40. The van der Waals surface area contributed by atoms with Gasteiger partial charge in [-0.25, -0.2) is 0 Å². The Morgan fingerprint density at radius 3 is 2.43 bits per heavy atom. The summed E-state index contributed by atoms with van der Waals surface area (Å²) in [6, 6.07) is 0. The topological polar surface area (TPSA) is 43.4 Å². The molecule has 5 fully saturated rings. The molecule has 1 aliphatic heterocycles. The Morgan fingerprint density at radius 2 is 1.73 bits per heavy atom. The number of fused-ring (bicyclic) bond motifs is 5. The normalized spacial score (nSPS) is 49.8. The predicted octanol–water partition coefficient (Wildman–Crippen LogP) is 5.95. The minimum Gasteiger partial charge on any atom is -0.463 e. The summed E-state index contributed by atoms with van der Waals surface area (Å²) in [6.45, 7) is 8.89. The molecule has 8 atom stereocenters. The number of hydrogen-bond donors (Lipinski definition) is 0. The molecule has 0 amide bonds. The molecule has 0 aromatic rings. The number of esters is 1. The van der Waals surface area contributed by atoms with Gasteiger partial charge in [0.05, 0.1) is 4.08 Å². The zero-order chi connectivity index (χ0) is 21.3. The van der Waals surface area contributed by atoms with Gasteiger partial charge in [0, 0.05) is 30.8 Å². The standard InChI is InChI=1S/C25H38O3S2/c1-15(26)28-17-9-10-23(2)16(13-17)5-6-18-19-7-8-21(25(4)29-11-12-30-25)24(19,3)14-20(27)22(18)23/h16-19,21-22H,5-14H2,1-4H3/t16-,17-,18-,19+,21+,22+,23-,24-/m1/s1. The van der Waals surface area contributed by atoms with Crippen LogP contribution < -0.4 is 0 Å². The highest BCUT2D eigenvalue weighted by molar-refractivity contribution is 8.21. The van der Waals surface area contributed by atoms with Crippen LogP contribution in [-0.4, -0.2) is 33.4 Å². The first-order valence-electron chi connectivity index (χ1n) is 12.2. The highest BCUT2D eigenvalue weighted by Crippen LogP contribution is 2.70. The van der Waals surface area contributed by atoms with Crippen LogP contribution in [0.3, 0.4) is 0 Å². The zero-order valence-electron chi connectivity index (χ0n) is 19.1. The second kappa shape index (κ2) is 7.43. The Kier molecular flexibility index (Phi) is 5.37. The largest absolute Gasteiger partial charge is 0.463 e. The van der Waals surface area contributed by atoms with Crippen molar-refractivity contribution in [2.24, 2.45) is 40.4 Å². The summed E-state index contributed by atoms with van der Waals surface area (Å²) < 4.78 is 5.89. The molecular weight excluding hydrogens is 412 g/mol. The fourth-order valence-corrected chi connectivity index (χ4v) is 12.5. The molecule has 0 unspecified atom stereocenters. The van der Waals surface area contributed by atoms with E-state index in [0.29, 0.717) is 33.5 Å². The summed E-state index contributed by atoms with van der Waals surface area (Å²) in [7, 11) is 0. The molecule has 0 N–H and O–H groups in total. The van der Waals surface area contributed by atoms with E-state index in [1.54, 1.807) is 0 Å². The quantitative estimate of drug-likeness (QED) is 0.486. The molecule has 5 rings (SSSR count). The van der Waals surface area contributed by atoms with E-state index >= 15 is 0 Å². The van der Waals surface area contributed by atoms with Gasteiger partial charge in [0.15, 0.2) is 0 Å².